The Morgan fingerprint density at radius 2 is 1.85 bits per heavy atom. The number of urea groups is 1. The van der Waals surface area contributed by atoms with E-state index in [2.05, 4.69) is 10.6 Å². The molecule has 0 radical (unpaired) electrons. The summed E-state index contributed by atoms with van der Waals surface area (Å²) in [5.74, 6) is -0.299. The summed E-state index contributed by atoms with van der Waals surface area (Å²) in [5.41, 5.74) is 1.14. The van der Waals surface area contributed by atoms with Crippen LogP contribution in [0.4, 0.5) is 4.79 Å². The molecule has 1 heterocycles. The van der Waals surface area contributed by atoms with Gasteiger partial charge in [0.1, 0.15) is 0 Å². The number of aromatic nitrogens is 1. The normalized spacial score (nSPS) is 15.7. The van der Waals surface area contributed by atoms with Crippen molar-refractivity contribution in [2.45, 2.75) is 51.6 Å². The second-order valence-electron chi connectivity index (χ2n) is 5.40. The molecule has 1 saturated carbocycles. The molecule has 0 spiro atoms. The van der Waals surface area contributed by atoms with E-state index in [1.807, 2.05) is 31.5 Å². The largest absolute Gasteiger partial charge is 0.335 e. The standard InChI is InChI=1S/C15H21N3O2/c1-12-7-9-18(10-8-12)11-14(19)17-15(20)16-13-5-3-2-4-6-13/h7-10,13H,2-6,11H2,1H3,(H-,16,17,19,20)/p+1. The van der Waals surface area contributed by atoms with Gasteiger partial charge in [-0.15, -0.1) is 0 Å². The van der Waals surface area contributed by atoms with Crippen LogP contribution in [0.15, 0.2) is 24.5 Å². The van der Waals surface area contributed by atoms with Gasteiger partial charge in [-0.3, -0.25) is 10.1 Å². The Hall–Kier alpha value is -1.91. The molecule has 3 amide bonds. The minimum Gasteiger partial charge on any atom is -0.335 e. The number of aryl methyl sites for hydroxylation is 1. The highest BCUT2D eigenvalue weighted by Crippen LogP contribution is 2.16. The number of carbonyl (C=O) groups is 2. The van der Waals surface area contributed by atoms with Crippen LogP contribution in [-0.2, 0) is 11.3 Å². The quantitative estimate of drug-likeness (QED) is 0.821. The maximum absolute atomic E-state index is 11.8. The molecule has 1 fully saturated rings. The van der Waals surface area contributed by atoms with Gasteiger partial charge in [0.2, 0.25) is 6.54 Å². The second kappa shape index (κ2) is 7.03. The Morgan fingerprint density at radius 3 is 2.50 bits per heavy atom. The molecule has 108 valence electrons. The SMILES string of the molecule is Cc1cc[n+](CC(=O)NC(=O)NC2CCCCC2)cc1. The Morgan fingerprint density at radius 1 is 1.20 bits per heavy atom. The van der Waals surface area contributed by atoms with E-state index in [0.29, 0.717) is 0 Å². The van der Waals surface area contributed by atoms with E-state index in [-0.39, 0.29) is 24.5 Å². The zero-order chi connectivity index (χ0) is 14.4. The van der Waals surface area contributed by atoms with E-state index in [1.165, 1.54) is 6.42 Å². The lowest BCUT2D eigenvalue weighted by Gasteiger charge is -2.22. The Kier molecular flexibility index (Phi) is 5.09. The van der Waals surface area contributed by atoms with E-state index < -0.39 is 0 Å². The van der Waals surface area contributed by atoms with Crippen LogP contribution in [0.1, 0.15) is 37.7 Å². The predicted molar refractivity (Wildman–Crippen MR) is 74.9 cm³/mol. The van der Waals surface area contributed by atoms with Crippen LogP contribution < -0.4 is 15.2 Å². The molecule has 0 saturated heterocycles. The first-order chi connectivity index (χ1) is 9.63. The summed E-state index contributed by atoms with van der Waals surface area (Å²) in [6.07, 6.45) is 9.21. The minimum atomic E-state index is -0.380. The number of imide groups is 1. The van der Waals surface area contributed by atoms with E-state index in [0.717, 1.165) is 31.2 Å². The van der Waals surface area contributed by atoms with Crippen molar-refractivity contribution in [2.75, 3.05) is 0 Å². The average Bonchev–Trinajstić information content (AvgIpc) is 2.42. The van der Waals surface area contributed by atoms with Gasteiger partial charge in [-0.25, -0.2) is 4.79 Å². The molecule has 1 aliphatic rings. The second-order valence-corrected chi connectivity index (χ2v) is 5.40. The first-order valence-corrected chi connectivity index (χ1v) is 7.19. The zero-order valence-electron chi connectivity index (χ0n) is 11.9. The average molecular weight is 276 g/mol. The smallest absolute Gasteiger partial charge is 0.321 e. The predicted octanol–water partition coefficient (Wildman–Crippen LogP) is 1.44. The molecule has 2 rings (SSSR count). The monoisotopic (exact) mass is 276 g/mol. The Bertz CT molecular complexity index is 465. The highest BCUT2D eigenvalue weighted by Gasteiger charge is 2.18. The highest BCUT2D eigenvalue weighted by molar-refractivity contribution is 5.93. The fourth-order valence-corrected chi connectivity index (χ4v) is 2.44. The maximum Gasteiger partial charge on any atom is 0.321 e. The number of nitrogens with one attached hydrogen (secondary N) is 2. The minimum absolute atomic E-state index is 0.151. The number of hydrogen-bond acceptors (Lipinski definition) is 2. The summed E-state index contributed by atoms with van der Waals surface area (Å²) in [4.78, 5) is 23.5. The molecule has 1 aliphatic carbocycles. The number of nitrogens with zero attached hydrogens (tertiary/aromatic N) is 1. The van der Waals surface area contributed by atoms with E-state index in [1.54, 1.807) is 4.57 Å². The molecule has 5 nitrogen and oxygen atoms in total. The van der Waals surface area contributed by atoms with Crippen molar-refractivity contribution in [2.24, 2.45) is 0 Å². The van der Waals surface area contributed by atoms with Gasteiger partial charge in [-0.1, -0.05) is 19.3 Å². The van der Waals surface area contributed by atoms with Gasteiger partial charge >= 0.3 is 6.03 Å². The maximum atomic E-state index is 11.8. The van der Waals surface area contributed by atoms with Gasteiger partial charge < -0.3 is 5.32 Å². The molecule has 0 unspecified atom stereocenters. The van der Waals surface area contributed by atoms with Crippen molar-refractivity contribution >= 4 is 11.9 Å². The van der Waals surface area contributed by atoms with Crippen LogP contribution in [0.5, 0.6) is 0 Å². The van der Waals surface area contributed by atoms with Crippen LogP contribution >= 0.6 is 0 Å². The van der Waals surface area contributed by atoms with Gasteiger partial charge in [-0.05, 0) is 25.3 Å². The first-order valence-electron chi connectivity index (χ1n) is 7.19. The molecule has 0 bridgehead atoms. The van der Waals surface area contributed by atoms with Gasteiger partial charge in [0.05, 0.1) is 0 Å². The lowest BCUT2D eigenvalue weighted by atomic mass is 9.96. The summed E-state index contributed by atoms with van der Waals surface area (Å²) >= 11 is 0. The number of pyridine rings is 1. The number of carbonyl (C=O) groups excluding carboxylic acids is 2. The van der Waals surface area contributed by atoms with Crippen molar-refractivity contribution < 1.29 is 14.2 Å². The molecule has 1 aromatic rings. The number of hydrogen-bond donors (Lipinski definition) is 2. The van der Waals surface area contributed by atoms with Crippen LogP contribution in [0, 0.1) is 6.92 Å². The fraction of sp³-hybridized carbons (Fsp3) is 0.533. The van der Waals surface area contributed by atoms with Crippen molar-refractivity contribution in [1.29, 1.82) is 0 Å². The number of rotatable bonds is 3. The summed E-state index contributed by atoms with van der Waals surface area (Å²) < 4.78 is 1.75. The highest BCUT2D eigenvalue weighted by atomic mass is 16.2. The molecular weight excluding hydrogens is 254 g/mol. The summed E-state index contributed by atoms with van der Waals surface area (Å²) in [5, 5.41) is 5.25. The zero-order valence-corrected chi connectivity index (χ0v) is 11.9. The van der Waals surface area contributed by atoms with Crippen molar-refractivity contribution in [3.8, 4) is 0 Å². The molecule has 2 N–H and O–H groups in total. The third-order valence-electron chi connectivity index (χ3n) is 3.58. The molecule has 0 aliphatic heterocycles. The van der Waals surface area contributed by atoms with E-state index >= 15 is 0 Å². The van der Waals surface area contributed by atoms with Crippen LogP contribution in [0.25, 0.3) is 0 Å². The topological polar surface area (TPSA) is 62.1 Å². The third kappa shape index (κ3) is 4.64. The van der Waals surface area contributed by atoms with Gasteiger partial charge in [-0.2, -0.15) is 4.57 Å². The summed E-state index contributed by atoms with van der Waals surface area (Å²) in [7, 11) is 0. The molecule has 5 heteroatoms. The molecule has 0 aromatic carbocycles. The Balaban J connectivity index is 1.75. The van der Waals surface area contributed by atoms with E-state index in [9.17, 15) is 9.59 Å². The third-order valence-corrected chi connectivity index (χ3v) is 3.58. The summed E-state index contributed by atoms with van der Waals surface area (Å²) in [6.45, 7) is 2.14. The van der Waals surface area contributed by atoms with Crippen molar-refractivity contribution in [1.82, 2.24) is 10.6 Å². The fourth-order valence-electron chi connectivity index (χ4n) is 2.44. The van der Waals surface area contributed by atoms with E-state index in [4.69, 9.17) is 0 Å². The lowest BCUT2D eigenvalue weighted by Crippen LogP contribution is -2.49. The van der Waals surface area contributed by atoms with Crippen LogP contribution in [-0.4, -0.2) is 18.0 Å². The van der Waals surface area contributed by atoms with Gasteiger partial charge in [0, 0.05) is 18.2 Å². The molecule has 1 aromatic heterocycles. The molecular formula is C15H22N3O2+. The lowest BCUT2D eigenvalue weighted by molar-refractivity contribution is -0.684. The van der Waals surface area contributed by atoms with Gasteiger partial charge in [0.25, 0.3) is 5.91 Å². The van der Waals surface area contributed by atoms with Crippen LogP contribution in [0.3, 0.4) is 0 Å². The Labute approximate surface area is 119 Å². The molecule has 20 heavy (non-hydrogen) atoms. The molecule has 0 atom stereocenters. The summed E-state index contributed by atoms with van der Waals surface area (Å²) in [6, 6.07) is 3.68. The van der Waals surface area contributed by atoms with Crippen molar-refractivity contribution in [3.63, 3.8) is 0 Å². The number of amides is 3. The van der Waals surface area contributed by atoms with Crippen molar-refractivity contribution in [3.05, 3.63) is 30.1 Å². The van der Waals surface area contributed by atoms with Gasteiger partial charge in [0.15, 0.2) is 12.4 Å². The first kappa shape index (κ1) is 14.5. The van der Waals surface area contributed by atoms with Crippen LogP contribution in [0.2, 0.25) is 0 Å².